The molecule has 1 aromatic heterocycles. The van der Waals surface area contributed by atoms with Crippen molar-refractivity contribution in [2.45, 2.75) is 25.1 Å². The van der Waals surface area contributed by atoms with Crippen LogP contribution in [0.3, 0.4) is 0 Å². The first-order chi connectivity index (χ1) is 7.38. The van der Waals surface area contributed by atoms with Gasteiger partial charge in [0.15, 0.2) is 5.17 Å². The summed E-state index contributed by atoms with van der Waals surface area (Å²) in [4.78, 5) is 8.53. The molecule has 0 spiro atoms. The highest BCUT2D eigenvalue weighted by molar-refractivity contribution is 8.14. The van der Waals surface area contributed by atoms with Gasteiger partial charge in [-0.15, -0.1) is 0 Å². The lowest BCUT2D eigenvalue weighted by atomic mass is 10.3. The maximum absolute atomic E-state index is 4.45. The fourth-order valence-corrected chi connectivity index (χ4v) is 2.34. The second kappa shape index (κ2) is 5.16. The molecule has 0 bridgehead atoms. The summed E-state index contributed by atoms with van der Waals surface area (Å²) in [6.07, 6.45) is 4.86. The number of hydrogen-bond acceptors (Lipinski definition) is 4. The molecule has 0 aliphatic carbocycles. The van der Waals surface area contributed by atoms with Crippen LogP contribution in [0.15, 0.2) is 29.5 Å². The molecule has 1 atom stereocenters. The van der Waals surface area contributed by atoms with Crippen LogP contribution in [0.25, 0.3) is 0 Å². The van der Waals surface area contributed by atoms with E-state index >= 15 is 0 Å². The van der Waals surface area contributed by atoms with Crippen LogP contribution in [-0.2, 0) is 6.54 Å². The van der Waals surface area contributed by atoms with Crippen molar-refractivity contribution in [1.29, 1.82) is 0 Å². The van der Waals surface area contributed by atoms with Crippen molar-refractivity contribution in [2.24, 2.45) is 4.99 Å². The highest BCUT2D eigenvalue weighted by Crippen LogP contribution is 2.22. The Kier molecular flexibility index (Phi) is 3.61. The van der Waals surface area contributed by atoms with Crippen molar-refractivity contribution in [3.63, 3.8) is 0 Å². The Labute approximate surface area is 94.4 Å². The van der Waals surface area contributed by atoms with Crippen LogP contribution in [0, 0.1) is 0 Å². The SMILES string of the molecule is CCC1CN=C(NCc2cccnc2)S1. The molecule has 1 N–H and O–H groups in total. The minimum atomic E-state index is 0.668. The largest absolute Gasteiger partial charge is 0.361 e. The zero-order valence-corrected chi connectivity index (χ0v) is 9.63. The lowest BCUT2D eigenvalue weighted by Gasteiger charge is -2.06. The standard InChI is InChI=1S/C11H15N3S/c1-2-10-8-14-11(15-10)13-7-9-4-3-5-12-6-9/h3-6,10H,2,7-8H2,1H3,(H,13,14). The van der Waals surface area contributed by atoms with Gasteiger partial charge in [-0.25, -0.2) is 0 Å². The number of amidine groups is 1. The third kappa shape index (κ3) is 2.96. The minimum absolute atomic E-state index is 0.668. The first-order valence-electron chi connectivity index (χ1n) is 5.22. The highest BCUT2D eigenvalue weighted by Gasteiger charge is 2.16. The molecule has 0 radical (unpaired) electrons. The maximum atomic E-state index is 4.45. The van der Waals surface area contributed by atoms with Crippen molar-refractivity contribution in [1.82, 2.24) is 10.3 Å². The van der Waals surface area contributed by atoms with E-state index in [2.05, 4.69) is 28.3 Å². The zero-order chi connectivity index (χ0) is 10.5. The Morgan fingerprint density at radius 3 is 3.20 bits per heavy atom. The molecule has 1 aliphatic rings. The quantitative estimate of drug-likeness (QED) is 0.849. The molecule has 3 nitrogen and oxygen atoms in total. The van der Waals surface area contributed by atoms with Gasteiger partial charge in [0.2, 0.25) is 0 Å². The van der Waals surface area contributed by atoms with E-state index in [1.165, 1.54) is 12.0 Å². The maximum Gasteiger partial charge on any atom is 0.157 e. The Morgan fingerprint density at radius 2 is 2.53 bits per heavy atom. The second-order valence-electron chi connectivity index (χ2n) is 3.51. The Balaban J connectivity index is 1.80. The Morgan fingerprint density at radius 1 is 1.60 bits per heavy atom. The molecule has 0 amide bonds. The molecule has 0 fully saturated rings. The third-order valence-electron chi connectivity index (χ3n) is 2.34. The zero-order valence-electron chi connectivity index (χ0n) is 8.81. The lowest BCUT2D eigenvalue weighted by molar-refractivity contribution is 0.839. The van der Waals surface area contributed by atoms with E-state index < -0.39 is 0 Å². The minimum Gasteiger partial charge on any atom is -0.361 e. The summed E-state index contributed by atoms with van der Waals surface area (Å²) >= 11 is 1.85. The van der Waals surface area contributed by atoms with Crippen molar-refractivity contribution >= 4 is 16.9 Å². The molecule has 80 valence electrons. The smallest absolute Gasteiger partial charge is 0.157 e. The summed E-state index contributed by atoms with van der Waals surface area (Å²) in [6, 6.07) is 4.02. The number of aliphatic imine (C=N–C) groups is 1. The lowest BCUT2D eigenvalue weighted by Crippen LogP contribution is -2.18. The number of hydrogen-bond donors (Lipinski definition) is 1. The molecule has 2 heterocycles. The van der Waals surface area contributed by atoms with Gasteiger partial charge in [-0.3, -0.25) is 9.98 Å². The van der Waals surface area contributed by atoms with Crippen molar-refractivity contribution in [2.75, 3.05) is 6.54 Å². The van der Waals surface area contributed by atoms with Gasteiger partial charge in [-0.2, -0.15) is 0 Å². The Bertz CT molecular complexity index is 337. The van der Waals surface area contributed by atoms with Crippen LogP contribution >= 0.6 is 11.8 Å². The molecule has 1 aliphatic heterocycles. The summed E-state index contributed by atoms with van der Waals surface area (Å²) in [6.45, 7) is 3.98. The molecule has 4 heteroatoms. The highest BCUT2D eigenvalue weighted by atomic mass is 32.2. The first kappa shape index (κ1) is 10.5. The average molecular weight is 221 g/mol. The van der Waals surface area contributed by atoms with Gasteiger partial charge in [0.05, 0.1) is 6.54 Å². The number of aromatic nitrogens is 1. The fourth-order valence-electron chi connectivity index (χ4n) is 1.41. The van der Waals surface area contributed by atoms with Crippen LogP contribution in [0.1, 0.15) is 18.9 Å². The fraction of sp³-hybridized carbons (Fsp3) is 0.455. The number of thioether (sulfide) groups is 1. The molecule has 0 saturated heterocycles. The summed E-state index contributed by atoms with van der Waals surface area (Å²) in [7, 11) is 0. The molecule has 1 aromatic rings. The third-order valence-corrected chi connectivity index (χ3v) is 3.65. The molecule has 1 unspecified atom stereocenters. The summed E-state index contributed by atoms with van der Waals surface area (Å²) in [5.74, 6) is 0. The van der Waals surface area contributed by atoms with E-state index in [1.807, 2.05) is 24.0 Å². The molecule has 2 rings (SSSR count). The van der Waals surface area contributed by atoms with Crippen molar-refractivity contribution in [3.05, 3.63) is 30.1 Å². The van der Waals surface area contributed by atoms with Crippen molar-refractivity contribution in [3.8, 4) is 0 Å². The van der Waals surface area contributed by atoms with Gasteiger partial charge in [-0.05, 0) is 18.1 Å². The molecular weight excluding hydrogens is 206 g/mol. The monoisotopic (exact) mass is 221 g/mol. The predicted molar refractivity (Wildman–Crippen MR) is 65.0 cm³/mol. The average Bonchev–Trinajstić information content (AvgIpc) is 2.76. The van der Waals surface area contributed by atoms with E-state index in [0.717, 1.165) is 18.3 Å². The molecular formula is C11H15N3S. The summed E-state index contributed by atoms with van der Waals surface area (Å²) < 4.78 is 0. The number of pyridine rings is 1. The van der Waals surface area contributed by atoms with Crippen LogP contribution in [0.2, 0.25) is 0 Å². The first-order valence-corrected chi connectivity index (χ1v) is 6.10. The number of nitrogens with one attached hydrogen (secondary N) is 1. The van der Waals surface area contributed by atoms with E-state index in [9.17, 15) is 0 Å². The topological polar surface area (TPSA) is 37.3 Å². The van der Waals surface area contributed by atoms with Crippen LogP contribution in [0.5, 0.6) is 0 Å². The van der Waals surface area contributed by atoms with E-state index in [4.69, 9.17) is 0 Å². The van der Waals surface area contributed by atoms with Crippen LogP contribution in [0.4, 0.5) is 0 Å². The van der Waals surface area contributed by atoms with E-state index in [-0.39, 0.29) is 0 Å². The van der Waals surface area contributed by atoms with Crippen LogP contribution in [-0.4, -0.2) is 21.9 Å². The van der Waals surface area contributed by atoms with Crippen molar-refractivity contribution < 1.29 is 0 Å². The molecule has 15 heavy (non-hydrogen) atoms. The van der Waals surface area contributed by atoms with Gasteiger partial charge < -0.3 is 5.32 Å². The van der Waals surface area contributed by atoms with E-state index in [1.54, 1.807) is 6.20 Å². The number of nitrogens with zero attached hydrogens (tertiary/aromatic N) is 2. The normalized spacial score (nSPS) is 20.1. The molecule has 0 aromatic carbocycles. The Hall–Kier alpha value is -1.03. The number of rotatable bonds is 3. The summed E-state index contributed by atoms with van der Waals surface area (Å²) in [5, 5.41) is 5.08. The van der Waals surface area contributed by atoms with Gasteiger partial charge >= 0.3 is 0 Å². The van der Waals surface area contributed by atoms with Gasteiger partial charge in [0.1, 0.15) is 0 Å². The van der Waals surface area contributed by atoms with Gasteiger partial charge in [0, 0.05) is 24.2 Å². The van der Waals surface area contributed by atoms with Crippen LogP contribution < -0.4 is 5.32 Å². The molecule has 0 saturated carbocycles. The second-order valence-corrected chi connectivity index (χ2v) is 4.80. The predicted octanol–water partition coefficient (Wildman–Crippen LogP) is 2.05. The van der Waals surface area contributed by atoms with Gasteiger partial charge in [-0.1, -0.05) is 24.8 Å². The van der Waals surface area contributed by atoms with E-state index in [0.29, 0.717) is 5.25 Å². The van der Waals surface area contributed by atoms with Gasteiger partial charge in [0.25, 0.3) is 0 Å². The summed E-state index contributed by atoms with van der Waals surface area (Å²) in [5.41, 5.74) is 1.20.